The fourth-order valence-electron chi connectivity index (χ4n) is 3.71. The predicted octanol–water partition coefficient (Wildman–Crippen LogP) is 4.18. The first-order valence-corrected chi connectivity index (χ1v) is 12.6. The molecule has 0 bridgehead atoms. The molecule has 1 aliphatic rings. The van der Waals surface area contributed by atoms with Gasteiger partial charge in [-0.05, 0) is 55.7 Å². The fourth-order valence-corrected chi connectivity index (χ4v) is 4.60. The van der Waals surface area contributed by atoms with E-state index in [1.807, 2.05) is 12.4 Å². The minimum atomic E-state index is -3.64. The van der Waals surface area contributed by atoms with E-state index in [0.717, 1.165) is 56.7 Å². The van der Waals surface area contributed by atoms with Crippen LogP contribution in [0, 0.1) is 11.7 Å². The summed E-state index contributed by atoms with van der Waals surface area (Å²) in [6, 6.07) is 4.14. The highest BCUT2D eigenvalue weighted by Crippen LogP contribution is 2.25. The molecule has 2 aromatic rings. The normalized spacial score (nSPS) is 14.9. The number of sulfonamides is 1. The zero-order chi connectivity index (χ0) is 23.0. The molecule has 0 amide bonds. The Balaban J connectivity index is 1.38. The molecule has 3 rings (SSSR count). The van der Waals surface area contributed by atoms with Gasteiger partial charge >= 0.3 is 0 Å². The monoisotopic (exact) mass is 462 g/mol. The molecule has 0 saturated carbocycles. The van der Waals surface area contributed by atoms with Crippen LogP contribution in [0.25, 0.3) is 0 Å². The third kappa shape index (κ3) is 6.91. The molecule has 1 N–H and O–H groups in total. The maximum Gasteiger partial charge on any atom is 0.236 e. The van der Waals surface area contributed by atoms with Gasteiger partial charge < -0.3 is 9.64 Å². The highest BCUT2D eigenvalue weighted by Gasteiger charge is 2.20. The molecule has 0 atom stereocenters. The van der Waals surface area contributed by atoms with Crippen molar-refractivity contribution in [3.63, 3.8) is 0 Å². The van der Waals surface area contributed by atoms with E-state index in [1.165, 1.54) is 18.2 Å². The van der Waals surface area contributed by atoms with E-state index in [4.69, 9.17) is 4.74 Å². The van der Waals surface area contributed by atoms with Gasteiger partial charge in [-0.1, -0.05) is 13.0 Å². The van der Waals surface area contributed by atoms with Crippen LogP contribution in [-0.4, -0.2) is 43.8 Å². The number of hydrogen-bond donors (Lipinski definition) is 1. The molecule has 0 spiro atoms. The number of anilines is 2. The summed E-state index contributed by atoms with van der Waals surface area (Å²) in [6.45, 7) is 7.86. The first kappa shape index (κ1) is 24.0. The van der Waals surface area contributed by atoms with Gasteiger partial charge in [-0.2, -0.15) is 0 Å². The number of piperidine rings is 1. The Morgan fingerprint density at radius 3 is 2.62 bits per heavy atom. The van der Waals surface area contributed by atoms with Crippen molar-refractivity contribution in [3.8, 4) is 5.75 Å². The van der Waals surface area contributed by atoms with Crippen LogP contribution in [0.5, 0.6) is 5.75 Å². The molecule has 0 unspecified atom stereocenters. The number of aromatic nitrogens is 2. The third-order valence-electron chi connectivity index (χ3n) is 5.57. The number of hydrogen-bond acceptors (Lipinski definition) is 6. The number of nitrogens with one attached hydrogen (secondary N) is 1. The third-order valence-corrected chi connectivity index (χ3v) is 6.77. The Morgan fingerprint density at radius 1 is 1.28 bits per heavy atom. The summed E-state index contributed by atoms with van der Waals surface area (Å²) in [6.07, 6.45) is 10.1. The molecule has 1 aromatic heterocycles. The van der Waals surface area contributed by atoms with Gasteiger partial charge in [0.2, 0.25) is 16.0 Å². The largest absolute Gasteiger partial charge is 0.493 e. The van der Waals surface area contributed by atoms with Gasteiger partial charge in [0.15, 0.2) is 5.82 Å². The number of ether oxygens (including phenoxy) is 1. The summed E-state index contributed by atoms with van der Waals surface area (Å²) in [5.41, 5.74) is 1.05. The van der Waals surface area contributed by atoms with Gasteiger partial charge in [0.25, 0.3) is 0 Å². The van der Waals surface area contributed by atoms with Crippen LogP contribution in [0.4, 0.5) is 16.0 Å². The average molecular weight is 463 g/mol. The summed E-state index contributed by atoms with van der Waals surface area (Å²) >= 11 is 0. The van der Waals surface area contributed by atoms with Crippen LogP contribution in [0.2, 0.25) is 0 Å². The van der Waals surface area contributed by atoms with E-state index in [0.29, 0.717) is 18.3 Å². The van der Waals surface area contributed by atoms with E-state index >= 15 is 0 Å². The zero-order valence-corrected chi connectivity index (χ0v) is 19.3. The highest BCUT2D eigenvalue weighted by molar-refractivity contribution is 7.92. The van der Waals surface area contributed by atoms with Crippen molar-refractivity contribution in [2.45, 2.75) is 39.0 Å². The van der Waals surface area contributed by atoms with Crippen LogP contribution >= 0.6 is 0 Å². The van der Waals surface area contributed by atoms with Crippen LogP contribution < -0.4 is 14.4 Å². The minimum absolute atomic E-state index is 0.0979. The maximum atomic E-state index is 14.2. The van der Waals surface area contributed by atoms with Crippen molar-refractivity contribution in [3.05, 3.63) is 54.6 Å². The molecule has 1 saturated heterocycles. The van der Waals surface area contributed by atoms with Crippen molar-refractivity contribution in [2.24, 2.45) is 5.92 Å². The Hall–Kier alpha value is -2.68. The van der Waals surface area contributed by atoms with Crippen LogP contribution in [0.1, 0.15) is 38.2 Å². The van der Waals surface area contributed by atoms with E-state index in [-0.39, 0.29) is 11.4 Å². The second-order valence-corrected chi connectivity index (χ2v) is 9.75. The maximum absolute atomic E-state index is 14.2. The van der Waals surface area contributed by atoms with Crippen molar-refractivity contribution < 1.29 is 17.5 Å². The summed E-state index contributed by atoms with van der Waals surface area (Å²) < 4.78 is 45.5. The Bertz CT molecular complexity index is 991. The molecule has 1 fully saturated rings. The topological polar surface area (TPSA) is 84.4 Å². The second kappa shape index (κ2) is 11.3. The number of aryl methyl sites for hydroxylation is 1. The molecule has 9 heteroatoms. The Morgan fingerprint density at radius 2 is 2.00 bits per heavy atom. The second-order valence-electron chi connectivity index (χ2n) is 7.98. The van der Waals surface area contributed by atoms with Crippen molar-refractivity contribution >= 4 is 21.7 Å². The van der Waals surface area contributed by atoms with Gasteiger partial charge in [-0.25, -0.2) is 22.8 Å². The van der Waals surface area contributed by atoms with Crippen LogP contribution in [0.3, 0.4) is 0 Å². The van der Waals surface area contributed by atoms with Gasteiger partial charge in [0.05, 0.1) is 18.0 Å². The van der Waals surface area contributed by atoms with E-state index in [1.54, 1.807) is 6.07 Å². The lowest BCUT2D eigenvalue weighted by Crippen LogP contribution is -2.35. The summed E-state index contributed by atoms with van der Waals surface area (Å²) in [7, 11) is -3.64. The lowest BCUT2D eigenvalue weighted by atomic mass is 9.92. The lowest BCUT2D eigenvalue weighted by Gasteiger charge is -2.32. The van der Waals surface area contributed by atoms with Crippen molar-refractivity contribution in [1.82, 2.24) is 9.97 Å². The Labute approximate surface area is 189 Å². The van der Waals surface area contributed by atoms with E-state index < -0.39 is 15.8 Å². The molecule has 2 heterocycles. The lowest BCUT2D eigenvalue weighted by molar-refractivity contribution is 0.278. The SMILES string of the molecule is C=CCS(=O)(=O)Nc1ccc(OCCCC2CCN(c3ncc(CC)cn3)CC2)cc1F. The van der Waals surface area contributed by atoms with Gasteiger partial charge in [-0.15, -0.1) is 6.58 Å². The number of halogens is 1. The van der Waals surface area contributed by atoms with Gasteiger partial charge in [0.1, 0.15) is 5.75 Å². The van der Waals surface area contributed by atoms with E-state index in [9.17, 15) is 12.8 Å². The number of rotatable bonds is 11. The minimum Gasteiger partial charge on any atom is -0.493 e. The standard InChI is InChI=1S/C23H31FN4O3S/c1-3-14-32(29,30)27-22-8-7-20(15-21(22)24)31-13-5-6-19-9-11-28(12-10-19)23-25-16-18(4-2)17-26-23/h3,7-8,15-17,19,27H,1,4-6,9-14H2,2H3. The molecule has 7 nitrogen and oxygen atoms in total. The molecule has 1 aliphatic heterocycles. The molecule has 174 valence electrons. The molecule has 0 radical (unpaired) electrons. The van der Waals surface area contributed by atoms with Crippen LogP contribution in [0.15, 0.2) is 43.2 Å². The molecular weight excluding hydrogens is 431 g/mol. The first-order chi connectivity index (χ1) is 15.4. The van der Waals surface area contributed by atoms with Crippen molar-refractivity contribution in [1.29, 1.82) is 0 Å². The predicted molar refractivity (Wildman–Crippen MR) is 125 cm³/mol. The number of benzene rings is 1. The summed E-state index contributed by atoms with van der Waals surface area (Å²) in [5, 5.41) is 0. The molecular formula is C23H31FN4O3S. The van der Waals surface area contributed by atoms with Gasteiger partial charge in [0, 0.05) is 31.5 Å². The smallest absolute Gasteiger partial charge is 0.236 e. The van der Waals surface area contributed by atoms with Crippen molar-refractivity contribution in [2.75, 3.05) is 35.1 Å². The molecule has 32 heavy (non-hydrogen) atoms. The fraction of sp³-hybridized carbons (Fsp3) is 0.478. The van der Waals surface area contributed by atoms with Gasteiger partial charge in [-0.3, -0.25) is 4.72 Å². The zero-order valence-electron chi connectivity index (χ0n) is 18.5. The van der Waals surface area contributed by atoms with Crippen LogP contribution in [-0.2, 0) is 16.4 Å². The Kier molecular flexibility index (Phi) is 8.44. The summed E-state index contributed by atoms with van der Waals surface area (Å²) in [5.74, 6) is 0.875. The summed E-state index contributed by atoms with van der Waals surface area (Å²) in [4.78, 5) is 11.2. The average Bonchev–Trinajstić information content (AvgIpc) is 2.79. The quantitative estimate of drug-likeness (QED) is 0.398. The number of nitrogens with zero attached hydrogens (tertiary/aromatic N) is 3. The molecule has 1 aromatic carbocycles. The van der Waals surface area contributed by atoms with E-state index in [2.05, 4.69) is 33.1 Å². The first-order valence-electron chi connectivity index (χ1n) is 11.0. The highest BCUT2D eigenvalue weighted by atomic mass is 32.2. The molecule has 0 aliphatic carbocycles.